The number of quaternary nitrogens is 1. The Hall–Kier alpha value is -2.60. The molecule has 118 valence electrons. The van der Waals surface area contributed by atoms with Crippen LogP contribution < -0.4 is 14.5 Å². The zero-order chi connectivity index (χ0) is 15.5. The molecule has 1 aliphatic heterocycles. The van der Waals surface area contributed by atoms with Crippen LogP contribution in [0.5, 0.6) is 0 Å². The van der Waals surface area contributed by atoms with E-state index in [0.29, 0.717) is 26.7 Å². The highest BCUT2D eigenvalue weighted by Gasteiger charge is 2.37. The highest BCUT2D eigenvalue weighted by Crippen LogP contribution is 2.40. The lowest BCUT2D eigenvalue weighted by Gasteiger charge is -2.37. The van der Waals surface area contributed by atoms with Crippen molar-refractivity contribution < 1.29 is 14.3 Å². The Morgan fingerprint density at radius 3 is 2.61 bits per heavy atom. The molecule has 23 heavy (non-hydrogen) atoms. The molecule has 5 nitrogen and oxygen atoms in total. The Balaban J connectivity index is 0.00000156. The number of aromatic nitrogens is 1. The number of likely N-dealkylation sites (N-methyl/N-ethyl adjacent to an activating group) is 1. The van der Waals surface area contributed by atoms with E-state index in [0.717, 1.165) is 24.5 Å². The summed E-state index contributed by atoms with van der Waals surface area (Å²) >= 11 is 0. The van der Waals surface area contributed by atoms with Gasteiger partial charge < -0.3 is 10.0 Å². The van der Waals surface area contributed by atoms with Crippen molar-refractivity contribution in [3.05, 3.63) is 52.8 Å². The third-order valence-electron chi connectivity index (χ3n) is 4.59. The molecule has 0 bridgehead atoms. The van der Waals surface area contributed by atoms with Crippen LogP contribution in [0.15, 0.2) is 30.6 Å². The monoisotopic (exact) mass is 313 g/mol. The van der Waals surface area contributed by atoms with Gasteiger partial charge in [-0.2, -0.15) is 0 Å². The summed E-state index contributed by atoms with van der Waals surface area (Å²) in [5.74, 6) is -0.226. The summed E-state index contributed by atoms with van der Waals surface area (Å²) in [5, 5.41) is 3.32. The van der Waals surface area contributed by atoms with E-state index in [2.05, 4.69) is 24.4 Å². The van der Waals surface area contributed by atoms with Gasteiger partial charge in [0.1, 0.15) is 12.2 Å². The number of pyridine rings is 1. The molecule has 6 heteroatoms. The van der Waals surface area contributed by atoms with Crippen LogP contribution >= 0.6 is 0 Å². The fourth-order valence-corrected chi connectivity index (χ4v) is 3.33. The number of anilines is 1. The third-order valence-corrected chi connectivity index (χ3v) is 4.59. The zero-order valence-corrected chi connectivity index (χ0v) is 12.9. The molecule has 0 atom stereocenters. The van der Waals surface area contributed by atoms with Crippen molar-refractivity contribution in [2.45, 2.75) is 0 Å². The molecule has 0 radical (unpaired) electrons. The van der Waals surface area contributed by atoms with Crippen molar-refractivity contribution in [2.24, 2.45) is 0 Å². The molecule has 1 aromatic heterocycles. The first-order chi connectivity index (χ1) is 10.5. The van der Waals surface area contributed by atoms with E-state index in [1.54, 1.807) is 18.3 Å². The zero-order valence-electron chi connectivity index (χ0n) is 12.9. The second-order valence-corrected chi connectivity index (χ2v) is 6.30. The third kappa shape index (κ3) is 1.98. The number of benzene rings is 1. The lowest BCUT2D eigenvalue weighted by molar-refractivity contribution is -0.0000186. The summed E-state index contributed by atoms with van der Waals surface area (Å²) in [6.45, 7) is 1.71. The average Bonchev–Trinajstić information content (AvgIpc) is 2.51. The molecule has 1 aromatic carbocycles. The highest BCUT2D eigenvalue weighted by molar-refractivity contribution is 6.30. The van der Waals surface area contributed by atoms with Gasteiger partial charge >= 0.3 is 0 Å². The quantitative estimate of drug-likeness (QED) is 0.533. The molecule has 1 aliphatic carbocycles. The number of ketones is 2. The number of rotatable bonds is 0. The molecule has 0 unspecified atom stereocenters. The average molecular weight is 313 g/mol. The Morgan fingerprint density at radius 1 is 1.04 bits per heavy atom. The Kier molecular flexibility index (Phi) is 3.30. The fourth-order valence-electron chi connectivity index (χ4n) is 3.33. The first-order valence-corrected chi connectivity index (χ1v) is 7.28. The first-order valence-electron chi connectivity index (χ1n) is 7.28. The fraction of sp³-hybridized carbons (Fsp3) is 0.235. The van der Waals surface area contributed by atoms with E-state index in [-0.39, 0.29) is 16.3 Å². The Morgan fingerprint density at radius 2 is 1.83 bits per heavy atom. The smallest absolute Gasteiger partial charge is 0.198 e. The second kappa shape index (κ2) is 4.96. The molecular formula is C17H16FN3O2. The molecule has 0 fully saturated rings. The summed E-state index contributed by atoms with van der Waals surface area (Å²) in [5.41, 5.74) is 3.65. The predicted octanol–water partition coefficient (Wildman–Crippen LogP) is -1.15. The van der Waals surface area contributed by atoms with Crippen LogP contribution in [0.25, 0.3) is 0 Å². The number of halogens is 1. The number of nitrogens with one attached hydrogen (secondary N) is 1. The van der Waals surface area contributed by atoms with Crippen molar-refractivity contribution in [3.63, 3.8) is 0 Å². The van der Waals surface area contributed by atoms with Gasteiger partial charge in [0.15, 0.2) is 17.3 Å². The van der Waals surface area contributed by atoms with Gasteiger partial charge in [-0.1, -0.05) is 0 Å². The molecule has 0 spiro atoms. The van der Waals surface area contributed by atoms with Gasteiger partial charge in [0.2, 0.25) is 0 Å². The maximum atomic E-state index is 12.9. The molecule has 2 aromatic rings. The van der Waals surface area contributed by atoms with Gasteiger partial charge in [-0.05, 0) is 12.1 Å². The van der Waals surface area contributed by atoms with Crippen LogP contribution in [-0.4, -0.2) is 43.7 Å². The summed E-state index contributed by atoms with van der Waals surface area (Å²) in [6, 6.07) is 5.36. The van der Waals surface area contributed by atoms with Crippen LogP contribution in [-0.2, 0) is 0 Å². The number of carbonyl (C=O) groups is 2. The molecular weight excluding hydrogens is 297 g/mol. The molecule has 0 amide bonds. The normalized spacial score (nSPS) is 17.3. The van der Waals surface area contributed by atoms with Gasteiger partial charge in [0, 0.05) is 29.6 Å². The summed E-state index contributed by atoms with van der Waals surface area (Å²) in [7, 11) is 4.22. The number of hydrogen-bond acceptors (Lipinski definition) is 4. The van der Waals surface area contributed by atoms with E-state index in [1.165, 1.54) is 6.20 Å². The minimum Gasteiger partial charge on any atom is -1.00 e. The Labute approximate surface area is 132 Å². The van der Waals surface area contributed by atoms with Gasteiger partial charge in [0.25, 0.3) is 0 Å². The largest absolute Gasteiger partial charge is 1.00 e. The first kappa shape index (κ1) is 15.3. The summed E-state index contributed by atoms with van der Waals surface area (Å²) in [4.78, 5) is 29.6. The van der Waals surface area contributed by atoms with Crippen LogP contribution in [0.3, 0.4) is 0 Å². The van der Waals surface area contributed by atoms with E-state index in [4.69, 9.17) is 0 Å². The van der Waals surface area contributed by atoms with Gasteiger partial charge in [-0.25, -0.2) is 0 Å². The lowest BCUT2D eigenvalue weighted by Crippen LogP contribution is -3.00. The lowest BCUT2D eigenvalue weighted by atomic mass is 9.83. The molecule has 4 rings (SSSR count). The maximum absolute atomic E-state index is 12.9. The molecule has 1 N–H and O–H groups in total. The maximum Gasteiger partial charge on any atom is 0.198 e. The molecule has 2 heterocycles. The van der Waals surface area contributed by atoms with Crippen LogP contribution in [0, 0.1) is 0 Å². The molecule has 2 aliphatic rings. The van der Waals surface area contributed by atoms with Crippen molar-refractivity contribution in [3.8, 4) is 0 Å². The number of carbonyl (C=O) groups excluding carboxylic acids is 2. The van der Waals surface area contributed by atoms with E-state index < -0.39 is 0 Å². The molecule has 0 saturated heterocycles. The molecule has 0 saturated carbocycles. The second-order valence-electron chi connectivity index (χ2n) is 6.30. The van der Waals surface area contributed by atoms with Crippen LogP contribution in [0.1, 0.15) is 31.8 Å². The van der Waals surface area contributed by atoms with Crippen molar-refractivity contribution in [1.29, 1.82) is 0 Å². The topological polar surface area (TPSA) is 59.1 Å². The highest BCUT2D eigenvalue weighted by atomic mass is 19.0. The standard InChI is InChI=1S/C17H15N3O2.FH/c1-20(2)8-7-19-15-13(20)4-3-11-14(15)17(22)12-9-18-6-5-10(12)16(11)21;/h3-6,9H,7-8H2,1-2H3;1H. The SMILES string of the molecule is C[N+]1(C)CCNc2c1ccc1c2C(=O)c2cnccc2C1=O.[F-]. The number of nitrogens with zero attached hydrogens (tertiary/aromatic N) is 2. The van der Waals surface area contributed by atoms with E-state index >= 15 is 0 Å². The number of fused-ring (bicyclic) bond motifs is 4. The number of hydrogen-bond donors (Lipinski definition) is 1. The van der Waals surface area contributed by atoms with Gasteiger partial charge in [-0.3, -0.25) is 19.1 Å². The van der Waals surface area contributed by atoms with Crippen molar-refractivity contribution in [1.82, 2.24) is 9.47 Å². The van der Waals surface area contributed by atoms with E-state index in [9.17, 15) is 9.59 Å². The summed E-state index contributed by atoms with van der Waals surface area (Å²) < 4.78 is 0.691. The minimum atomic E-state index is -0.121. The van der Waals surface area contributed by atoms with Crippen molar-refractivity contribution in [2.75, 3.05) is 32.5 Å². The Bertz CT molecular complexity index is 846. The van der Waals surface area contributed by atoms with Gasteiger partial charge in [0.05, 0.1) is 31.8 Å². The van der Waals surface area contributed by atoms with Crippen LogP contribution in [0.4, 0.5) is 11.4 Å². The van der Waals surface area contributed by atoms with Crippen LogP contribution in [0.2, 0.25) is 0 Å². The predicted molar refractivity (Wildman–Crippen MR) is 84.5 cm³/mol. The minimum absolute atomic E-state index is 0. The van der Waals surface area contributed by atoms with E-state index in [1.807, 2.05) is 6.07 Å². The van der Waals surface area contributed by atoms with Gasteiger partial charge in [-0.15, -0.1) is 0 Å². The van der Waals surface area contributed by atoms with Crippen molar-refractivity contribution >= 4 is 22.9 Å². The summed E-state index contributed by atoms with van der Waals surface area (Å²) in [6.07, 6.45) is 3.03.